The van der Waals surface area contributed by atoms with Crippen LogP contribution in [-0.4, -0.2) is 26.0 Å². The monoisotopic (exact) mass is 445 g/mol. The summed E-state index contributed by atoms with van der Waals surface area (Å²) in [6.07, 6.45) is -3.79. The Balaban J connectivity index is 1.93. The number of alkyl halides is 3. The van der Waals surface area contributed by atoms with Crippen LogP contribution in [0.1, 0.15) is 5.56 Å². The largest absolute Gasteiger partial charge is 0.573 e. The zero-order chi connectivity index (χ0) is 21.4. The maximum atomic E-state index is 12.4. The average Bonchev–Trinajstić information content (AvgIpc) is 2.56. The summed E-state index contributed by atoms with van der Waals surface area (Å²) < 4.78 is 66.4. The van der Waals surface area contributed by atoms with Crippen molar-refractivity contribution >= 4 is 49.7 Å². The van der Waals surface area contributed by atoms with Gasteiger partial charge >= 0.3 is 6.36 Å². The van der Waals surface area contributed by atoms with Gasteiger partial charge in [-0.2, -0.15) is 0 Å². The number of hydrogen-bond donors (Lipinski definition) is 2. The molecule has 29 heavy (non-hydrogen) atoms. The molecule has 0 radical (unpaired) electrons. The van der Waals surface area contributed by atoms with Gasteiger partial charge in [-0.05, 0) is 48.9 Å². The van der Waals surface area contributed by atoms with Crippen molar-refractivity contribution in [3.63, 3.8) is 0 Å². The number of pyridine rings is 1. The van der Waals surface area contributed by atoms with Gasteiger partial charge in [-0.3, -0.25) is 4.72 Å². The third kappa shape index (κ3) is 5.42. The summed E-state index contributed by atoms with van der Waals surface area (Å²) in [5, 5.41) is 3.38. The molecular formula is C18H15ClF3N3O3S. The Kier molecular flexibility index (Phi) is 5.50. The number of rotatable bonds is 5. The van der Waals surface area contributed by atoms with Crippen LogP contribution in [-0.2, 0) is 10.0 Å². The van der Waals surface area contributed by atoms with E-state index in [0.29, 0.717) is 33.7 Å². The van der Waals surface area contributed by atoms with Crippen LogP contribution >= 0.6 is 11.6 Å². The molecule has 0 saturated heterocycles. The lowest BCUT2D eigenvalue weighted by Crippen LogP contribution is -2.17. The van der Waals surface area contributed by atoms with Gasteiger partial charge in [0.05, 0.1) is 22.5 Å². The molecule has 11 heteroatoms. The molecule has 0 aliphatic carbocycles. The summed E-state index contributed by atoms with van der Waals surface area (Å²) in [5.74, 6) is -0.0704. The van der Waals surface area contributed by atoms with Crippen molar-refractivity contribution in [1.82, 2.24) is 4.98 Å². The number of sulfonamides is 1. The third-order valence-electron chi connectivity index (χ3n) is 3.77. The normalized spacial score (nSPS) is 12.1. The molecule has 1 heterocycles. The van der Waals surface area contributed by atoms with Gasteiger partial charge in [0.25, 0.3) is 0 Å². The van der Waals surface area contributed by atoms with Crippen LogP contribution in [0.15, 0.2) is 42.5 Å². The topological polar surface area (TPSA) is 80.3 Å². The van der Waals surface area contributed by atoms with Crippen LogP contribution in [0.25, 0.3) is 10.9 Å². The highest BCUT2D eigenvalue weighted by atomic mass is 35.5. The van der Waals surface area contributed by atoms with Gasteiger partial charge in [0, 0.05) is 11.1 Å². The van der Waals surface area contributed by atoms with Gasteiger partial charge < -0.3 is 10.1 Å². The predicted molar refractivity (Wildman–Crippen MR) is 106 cm³/mol. The van der Waals surface area contributed by atoms with E-state index in [1.54, 1.807) is 31.2 Å². The van der Waals surface area contributed by atoms with Crippen LogP contribution in [0.5, 0.6) is 5.75 Å². The molecule has 3 aromatic rings. The summed E-state index contributed by atoms with van der Waals surface area (Å²) >= 11 is 5.87. The van der Waals surface area contributed by atoms with Crippen molar-refractivity contribution in [2.75, 3.05) is 16.3 Å². The van der Waals surface area contributed by atoms with Crippen molar-refractivity contribution in [2.24, 2.45) is 0 Å². The molecule has 0 amide bonds. The molecule has 0 fully saturated rings. The molecule has 3 rings (SSSR count). The maximum absolute atomic E-state index is 12.4. The first-order chi connectivity index (χ1) is 13.4. The molecule has 0 unspecified atom stereocenters. The van der Waals surface area contributed by atoms with Crippen molar-refractivity contribution in [1.29, 1.82) is 0 Å². The molecule has 2 aromatic carbocycles. The zero-order valence-electron chi connectivity index (χ0n) is 15.1. The molecule has 0 atom stereocenters. The van der Waals surface area contributed by atoms with Crippen LogP contribution in [0.3, 0.4) is 0 Å². The highest BCUT2D eigenvalue weighted by Crippen LogP contribution is 2.34. The molecule has 6 nitrogen and oxygen atoms in total. The van der Waals surface area contributed by atoms with Crippen molar-refractivity contribution < 1.29 is 26.3 Å². The van der Waals surface area contributed by atoms with Gasteiger partial charge in [-0.25, -0.2) is 13.4 Å². The fraction of sp³-hybridized carbons (Fsp3) is 0.167. The number of halogens is 4. The minimum atomic E-state index is -4.84. The number of nitrogens with one attached hydrogen (secondary N) is 2. The second-order valence-electron chi connectivity index (χ2n) is 6.22. The smallest absolute Gasteiger partial charge is 0.404 e. The van der Waals surface area contributed by atoms with Crippen LogP contribution in [0.4, 0.5) is 30.4 Å². The number of fused-ring (bicyclic) bond motifs is 1. The molecule has 0 spiro atoms. The van der Waals surface area contributed by atoms with E-state index in [4.69, 9.17) is 11.6 Å². The maximum Gasteiger partial charge on any atom is 0.573 e. The number of anilines is 3. The van der Waals surface area contributed by atoms with E-state index in [0.717, 1.165) is 12.3 Å². The second-order valence-corrected chi connectivity index (χ2v) is 8.37. The Morgan fingerprint density at radius 2 is 1.86 bits per heavy atom. The Morgan fingerprint density at radius 1 is 1.14 bits per heavy atom. The van der Waals surface area contributed by atoms with Gasteiger partial charge in [-0.1, -0.05) is 17.7 Å². The molecule has 0 aliphatic heterocycles. The molecule has 154 valence electrons. The average molecular weight is 446 g/mol. The van der Waals surface area contributed by atoms with E-state index in [1.807, 2.05) is 0 Å². The van der Waals surface area contributed by atoms with E-state index in [9.17, 15) is 21.6 Å². The van der Waals surface area contributed by atoms with Crippen LogP contribution < -0.4 is 14.8 Å². The number of hydrogen-bond acceptors (Lipinski definition) is 5. The molecule has 2 N–H and O–H groups in total. The minimum absolute atomic E-state index is 0.217. The van der Waals surface area contributed by atoms with Gasteiger partial charge in [0.1, 0.15) is 11.6 Å². The summed E-state index contributed by atoms with van der Waals surface area (Å²) in [5.41, 5.74) is 2.01. The fourth-order valence-electron chi connectivity index (χ4n) is 2.63. The Bertz CT molecular complexity index is 1180. The number of benzene rings is 2. The van der Waals surface area contributed by atoms with Crippen molar-refractivity contribution in [2.45, 2.75) is 13.3 Å². The highest BCUT2D eigenvalue weighted by Gasteiger charge is 2.32. The lowest BCUT2D eigenvalue weighted by Gasteiger charge is -2.14. The molecule has 0 saturated carbocycles. The first kappa shape index (κ1) is 21.0. The Hall–Kier alpha value is -2.72. The van der Waals surface area contributed by atoms with E-state index in [-0.39, 0.29) is 5.02 Å². The second kappa shape index (κ2) is 7.60. The number of nitrogens with zero attached hydrogens (tertiary/aromatic N) is 1. The summed E-state index contributed by atoms with van der Waals surface area (Å²) in [4.78, 5) is 4.47. The van der Waals surface area contributed by atoms with Crippen molar-refractivity contribution in [3.8, 4) is 5.75 Å². The lowest BCUT2D eigenvalue weighted by molar-refractivity contribution is -0.274. The summed E-state index contributed by atoms with van der Waals surface area (Å²) in [6.45, 7) is 1.76. The van der Waals surface area contributed by atoms with Gasteiger partial charge in [0.15, 0.2) is 0 Å². The van der Waals surface area contributed by atoms with E-state index in [2.05, 4.69) is 19.8 Å². The zero-order valence-corrected chi connectivity index (χ0v) is 16.7. The van der Waals surface area contributed by atoms with E-state index >= 15 is 0 Å². The molecule has 1 aromatic heterocycles. The SMILES string of the molecule is Cc1cc2c(NS(C)(=O)=O)cccc2nc1Nc1ccc(OC(F)(F)F)c(Cl)c1. The summed E-state index contributed by atoms with van der Waals surface area (Å²) in [6, 6.07) is 10.5. The number of aryl methyl sites for hydroxylation is 1. The quantitative estimate of drug-likeness (QED) is 0.563. The van der Waals surface area contributed by atoms with Crippen molar-refractivity contribution in [3.05, 3.63) is 53.1 Å². The Morgan fingerprint density at radius 3 is 2.48 bits per heavy atom. The predicted octanol–water partition coefficient (Wildman–Crippen LogP) is 5.21. The number of ether oxygens (including phenoxy) is 1. The molecule has 0 aliphatic rings. The van der Waals surface area contributed by atoms with Gasteiger partial charge in [-0.15, -0.1) is 13.2 Å². The Labute approximate surface area is 169 Å². The summed E-state index contributed by atoms with van der Waals surface area (Å²) in [7, 11) is -3.46. The third-order valence-corrected chi connectivity index (χ3v) is 4.65. The van der Waals surface area contributed by atoms with E-state index in [1.165, 1.54) is 12.1 Å². The lowest BCUT2D eigenvalue weighted by atomic mass is 10.1. The first-order valence-corrected chi connectivity index (χ1v) is 10.4. The highest BCUT2D eigenvalue weighted by molar-refractivity contribution is 7.92. The molecular weight excluding hydrogens is 431 g/mol. The van der Waals surface area contributed by atoms with Crippen LogP contribution in [0.2, 0.25) is 5.02 Å². The number of aromatic nitrogens is 1. The van der Waals surface area contributed by atoms with Crippen LogP contribution in [0, 0.1) is 6.92 Å². The van der Waals surface area contributed by atoms with Gasteiger partial charge in [0.2, 0.25) is 10.0 Å². The van der Waals surface area contributed by atoms with E-state index < -0.39 is 22.1 Å². The minimum Gasteiger partial charge on any atom is -0.404 e. The molecule has 0 bridgehead atoms. The fourth-order valence-corrected chi connectivity index (χ4v) is 3.43. The standard InChI is InChI=1S/C18H15ClF3N3O3S/c1-10-8-12-14(4-3-5-15(12)25-29(2,26)27)24-17(10)23-11-6-7-16(13(19)9-11)28-18(20,21)22/h3-9,25H,1-2H3,(H,23,24). The first-order valence-electron chi connectivity index (χ1n) is 8.12.